The smallest absolute Gasteiger partial charge is 0.247 e. The molecule has 0 bridgehead atoms. The van der Waals surface area contributed by atoms with Gasteiger partial charge in [-0.15, -0.1) is 0 Å². The van der Waals surface area contributed by atoms with Crippen molar-refractivity contribution < 1.29 is 27.4 Å². The van der Waals surface area contributed by atoms with Crippen molar-refractivity contribution >= 4 is 33.2 Å². The van der Waals surface area contributed by atoms with Gasteiger partial charge in [0, 0.05) is 18.1 Å². The number of likely N-dealkylation sites (N-methyl/N-ethyl adjacent to an activating group) is 1. The van der Waals surface area contributed by atoms with Gasteiger partial charge in [0.1, 0.15) is 22.1 Å². The molecule has 28 heavy (non-hydrogen) atoms. The molecule has 8 nitrogen and oxygen atoms in total. The van der Waals surface area contributed by atoms with Crippen molar-refractivity contribution in [1.29, 1.82) is 0 Å². The van der Waals surface area contributed by atoms with Gasteiger partial charge in [-0.25, -0.2) is 8.42 Å². The van der Waals surface area contributed by atoms with Crippen LogP contribution in [0.2, 0.25) is 5.02 Å². The third-order valence-corrected chi connectivity index (χ3v) is 5.92. The van der Waals surface area contributed by atoms with Crippen molar-refractivity contribution in [3.8, 4) is 17.2 Å². The maximum absolute atomic E-state index is 12.8. The van der Waals surface area contributed by atoms with Gasteiger partial charge in [-0.05, 0) is 30.3 Å². The van der Waals surface area contributed by atoms with Crippen molar-refractivity contribution in [3.05, 3.63) is 41.4 Å². The van der Waals surface area contributed by atoms with E-state index >= 15 is 0 Å². The Bertz CT molecular complexity index is 965. The molecule has 10 heteroatoms. The number of nitrogens with zero attached hydrogens (tertiary/aromatic N) is 1. The largest absolute Gasteiger partial charge is 0.497 e. The summed E-state index contributed by atoms with van der Waals surface area (Å²) in [6.45, 7) is -0.423. The van der Waals surface area contributed by atoms with Gasteiger partial charge in [-0.2, -0.15) is 4.31 Å². The molecule has 0 aliphatic carbocycles. The molecule has 2 rings (SSSR count). The molecule has 0 unspecified atom stereocenters. The number of halogens is 1. The number of sulfonamides is 1. The molecule has 1 amide bonds. The van der Waals surface area contributed by atoms with E-state index in [0.29, 0.717) is 17.2 Å². The quantitative estimate of drug-likeness (QED) is 0.694. The first-order chi connectivity index (χ1) is 13.2. The highest BCUT2D eigenvalue weighted by Gasteiger charge is 2.27. The molecule has 0 aliphatic rings. The Labute approximate surface area is 169 Å². The van der Waals surface area contributed by atoms with Gasteiger partial charge in [0.15, 0.2) is 0 Å². The topological polar surface area (TPSA) is 94.2 Å². The van der Waals surface area contributed by atoms with E-state index in [1.807, 2.05) is 0 Å². The molecule has 0 aromatic heterocycles. The number of rotatable bonds is 8. The molecule has 2 aromatic carbocycles. The van der Waals surface area contributed by atoms with Crippen LogP contribution >= 0.6 is 11.6 Å². The van der Waals surface area contributed by atoms with Crippen LogP contribution in [0.4, 0.5) is 5.69 Å². The van der Waals surface area contributed by atoms with Crippen molar-refractivity contribution in [2.24, 2.45) is 0 Å². The summed E-state index contributed by atoms with van der Waals surface area (Å²) in [4.78, 5) is 12.3. The molecule has 0 saturated carbocycles. The van der Waals surface area contributed by atoms with Gasteiger partial charge >= 0.3 is 0 Å². The molecule has 152 valence electrons. The highest BCUT2D eigenvalue weighted by atomic mass is 35.5. The van der Waals surface area contributed by atoms with E-state index < -0.39 is 22.5 Å². The van der Waals surface area contributed by atoms with Crippen molar-refractivity contribution in [2.45, 2.75) is 4.90 Å². The van der Waals surface area contributed by atoms with Crippen LogP contribution in [0.25, 0.3) is 0 Å². The lowest BCUT2D eigenvalue weighted by atomic mass is 10.2. The number of carbonyl (C=O) groups is 1. The van der Waals surface area contributed by atoms with Gasteiger partial charge in [-0.3, -0.25) is 4.79 Å². The van der Waals surface area contributed by atoms with E-state index in [4.69, 9.17) is 25.8 Å². The summed E-state index contributed by atoms with van der Waals surface area (Å²) in [5.41, 5.74) is 0.388. The number of methoxy groups -OCH3 is 3. The highest BCUT2D eigenvalue weighted by molar-refractivity contribution is 7.89. The van der Waals surface area contributed by atoms with Crippen molar-refractivity contribution in [3.63, 3.8) is 0 Å². The summed E-state index contributed by atoms with van der Waals surface area (Å²) >= 11 is 5.91. The first kappa shape index (κ1) is 21.8. The Morgan fingerprint density at radius 3 is 2.32 bits per heavy atom. The minimum atomic E-state index is -4.01. The summed E-state index contributed by atoms with van der Waals surface area (Å²) in [6.07, 6.45) is 0. The van der Waals surface area contributed by atoms with E-state index in [1.165, 1.54) is 46.6 Å². The zero-order valence-electron chi connectivity index (χ0n) is 15.9. The minimum absolute atomic E-state index is 0.125. The molecular weight excluding hydrogens is 408 g/mol. The average Bonchev–Trinajstić information content (AvgIpc) is 2.68. The van der Waals surface area contributed by atoms with Gasteiger partial charge in [0.25, 0.3) is 0 Å². The Kier molecular flexibility index (Phi) is 7.11. The minimum Gasteiger partial charge on any atom is -0.497 e. The van der Waals surface area contributed by atoms with Crippen LogP contribution in [0.1, 0.15) is 0 Å². The van der Waals surface area contributed by atoms with Crippen molar-refractivity contribution in [1.82, 2.24) is 4.31 Å². The lowest BCUT2D eigenvalue weighted by molar-refractivity contribution is -0.116. The van der Waals surface area contributed by atoms with E-state index in [2.05, 4.69) is 5.32 Å². The maximum Gasteiger partial charge on any atom is 0.247 e. The normalized spacial score (nSPS) is 11.2. The van der Waals surface area contributed by atoms with Crippen LogP contribution in [0.15, 0.2) is 41.3 Å². The third-order valence-electron chi connectivity index (χ3n) is 3.86. The lowest BCUT2D eigenvalue weighted by Gasteiger charge is -2.19. The Hall–Kier alpha value is -2.49. The van der Waals surface area contributed by atoms with E-state index in [9.17, 15) is 13.2 Å². The molecule has 0 atom stereocenters. The second-order valence-electron chi connectivity index (χ2n) is 5.67. The average molecular weight is 429 g/mol. The zero-order valence-corrected chi connectivity index (χ0v) is 17.4. The fourth-order valence-corrected chi connectivity index (χ4v) is 3.94. The van der Waals surface area contributed by atoms with Crippen molar-refractivity contribution in [2.75, 3.05) is 40.2 Å². The Morgan fingerprint density at radius 2 is 1.71 bits per heavy atom. The molecule has 2 aromatic rings. The van der Waals surface area contributed by atoms with Crippen LogP contribution in [-0.2, 0) is 14.8 Å². The second kappa shape index (κ2) is 9.13. The van der Waals surface area contributed by atoms with Gasteiger partial charge in [0.2, 0.25) is 15.9 Å². The monoisotopic (exact) mass is 428 g/mol. The summed E-state index contributed by atoms with van der Waals surface area (Å²) in [7, 11) is 1.60. The summed E-state index contributed by atoms with van der Waals surface area (Å²) in [5.74, 6) is 0.529. The Balaban J connectivity index is 2.19. The number of carbonyl (C=O) groups excluding carboxylic acids is 1. The van der Waals surface area contributed by atoms with Crippen LogP contribution in [0.3, 0.4) is 0 Å². The predicted molar refractivity (Wildman–Crippen MR) is 106 cm³/mol. The van der Waals surface area contributed by atoms with E-state index in [0.717, 1.165) is 4.31 Å². The molecule has 0 fully saturated rings. The molecule has 0 saturated heterocycles. The highest BCUT2D eigenvalue weighted by Crippen LogP contribution is 2.30. The summed E-state index contributed by atoms with van der Waals surface area (Å²) < 4.78 is 42.0. The first-order valence-corrected chi connectivity index (χ1v) is 9.86. The third kappa shape index (κ3) is 4.86. The second-order valence-corrected chi connectivity index (χ2v) is 8.12. The fraction of sp³-hybridized carbons (Fsp3) is 0.278. The van der Waals surface area contributed by atoms with Crippen LogP contribution < -0.4 is 19.5 Å². The van der Waals surface area contributed by atoms with Crippen LogP contribution in [-0.4, -0.2) is 53.6 Å². The summed E-state index contributed by atoms with van der Waals surface area (Å²) in [6, 6.07) is 9.09. The van der Waals surface area contributed by atoms with E-state index in [1.54, 1.807) is 18.2 Å². The molecule has 0 aliphatic heterocycles. The van der Waals surface area contributed by atoms with Crippen LogP contribution in [0.5, 0.6) is 17.2 Å². The number of ether oxygens (including phenoxy) is 3. The number of benzene rings is 2. The predicted octanol–water partition coefficient (Wildman–Crippen LogP) is 2.63. The van der Waals surface area contributed by atoms with Gasteiger partial charge in [-0.1, -0.05) is 11.6 Å². The fourth-order valence-electron chi connectivity index (χ4n) is 2.40. The maximum atomic E-state index is 12.8. The number of hydrogen-bond donors (Lipinski definition) is 1. The van der Waals surface area contributed by atoms with E-state index in [-0.39, 0.29) is 15.7 Å². The molecular formula is C18H21ClN2O6S. The molecule has 0 spiro atoms. The number of amides is 1. The number of anilines is 1. The SMILES string of the molecule is COc1ccc(NC(=O)CN(C)S(=O)(=O)c2cc(Cl)ccc2OC)c(OC)c1. The first-order valence-electron chi connectivity index (χ1n) is 8.04. The van der Waals surface area contributed by atoms with Crippen LogP contribution in [0, 0.1) is 0 Å². The molecule has 0 radical (unpaired) electrons. The van der Waals surface area contributed by atoms with Gasteiger partial charge < -0.3 is 19.5 Å². The zero-order chi connectivity index (χ0) is 20.9. The summed E-state index contributed by atoms with van der Waals surface area (Å²) in [5, 5.41) is 2.86. The standard InChI is InChI=1S/C18H21ClN2O6S/c1-21(28(23,24)17-9-12(19)5-8-15(17)26-3)11-18(22)20-14-7-6-13(25-2)10-16(14)27-4/h5-10H,11H2,1-4H3,(H,20,22). The molecule has 0 heterocycles. The lowest BCUT2D eigenvalue weighted by Crippen LogP contribution is -2.35. The van der Waals surface area contributed by atoms with Gasteiger partial charge in [0.05, 0.1) is 33.6 Å². The number of nitrogens with one attached hydrogen (secondary N) is 1. The number of hydrogen-bond acceptors (Lipinski definition) is 6. The Morgan fingerprint density at radius 1 is 1.04 bits per heavy atom. The molecule has 1 N–H and O–H groups in total.